The van der Waals surface area contributed by atoms with E-state index in [1.54, 1.807) is 0 Å². The smallest absolute Gasteiger partial charge is 0.0349 e. The van der Waals surface area contributed by atoms with Gasteiger partial charge in [-0.15, -0.1) is 0 Å². The summed E-state index contributed by atoms with van der Waals surface area (Å²) in [5.74, 6) is 0.691. The summed E-state index contributed by atoms with van der Waals surface area (Å²) in [6.07, 6.45) is 5.42. The summed E-state index contributed by atoms with van der Waals surface area (Å²) in [6, 6.07) is 9.29. The van der Waals surface area contributed by atoms with Crippen LogP contribution in [0.2, 0.25) is 0 Å². The average molecular weight is 216 g/mol. The molecule has 86 valence electrons. The van der Waals surface area contributed by atoms with Crippen LogP contribution in [0, 0.1) is 0 Å². The van der Waals surface area contributed by atoms with Gasteiger partial charge in [0.2, 0.25) is 0 Å². The fourth-order valence-corrected chi connectivity index (χ4v) is 2.90. The Bertz CT molecular complexity index is 363. The van der Waals surface area contributed by atoms with Crippen LogP contribution < -0.4 is 5.73 Å². The van der Waals surface area contributed by atoms with Gasteiger partial charge in [-0.1, -0.05) is 18.2 Å². The second-order valence-corrected chi connectivity index (χ2v) is 5.17. The molecule has 1 saturated carbocycles. The summed E-state index contributed by atoms with van der Waals surface area (Å²) < 4.78 is 0. The molecular weight excluding hydrogens is 196 g/mol. The Morgan fingerprint density at radius 1 is 1.00 bits per heavy atom. The Morgan fingerprint density at radius 2 is 1.69 bits per heavy atom. The van der Waals surface area contributed by atoms with Crippen LogP contribution in [-0.2, 0) is 0 Å². The van der Waals surface area contributed by atoms with Crippen molar-refractivity contribution in [1.29, 1.82) is 0 Å². The molecule has 0 aromatic heterocycles. The summed E-state index contributed by atoms with van der Waals surface area (Å²) in [6.45, 7) is 2.54. The van der Waals surface area contributed by atoms with Gasteiger partial charge in [0.1, 0.15) is 0 Å². The molecule has 0 radical (unpaired) electrons. The largest absolute Gasteiger partial charge is 0.398 e. The van der Waals surface area contributed by atoms with Crippen molar-refractivity contribution in [2.45, 2.75) is 37.6 Å². The lowest BCUT2D eigenvalue weighted by atomic mass is 9.88. The number of nitrogens with zero attached hydrogens (tertiary/aromatic N) is 1. The summed E-state index contributed by atoms with van der Waals surface area (Å²) in [7, 11) is 0. The molecule has 1 aromatic rings. The highest BCUT2D eigenvalue weighted by Crippen LogP contribution is 2.35. The maximum atomic E-state index is 6.04. The van der Waals surface area contributed by atoms with E-state index < -0.39 is 0 Å². The minimum Gasteiger partial charge on any atom is -0.398 e. The number of anilines is 1. The number of rotatable bonds is 2. The van der Waals surface area contributed by atoms with Gasteiger partial charge in [-0.05, 0) is 56.3 Å². The molecule has 0 spiro atoms. The van der Waals surface area contributed by atoms with E-state index in [4.69, 9.17) is 5.73 Å². The van der Waals surface area contributed by atoms with E-state index in [2.05, 4.69) is 17.0 Å². The van der Waals surface area contributed by atoms with Crippen molar-refractivity contribution in [3.05, 3.63) is 29.8 Å². The van der Waals surface area contributed by atoms with Crippen molar-refractivity contribution in [3.63, 3.8) is 0 Å². The SMILES string of the molecule is Nc1ccccc1C1CCN(C2CC2)CC1. The van der Waals surface area contributed by atoms with Crippen molar-refractivity contribution in [2.75, 3.05) is 18.8 Å². The predicted molar refractivity (Wildman–Crippen MR) is 67.4 cm³/mol. The Morgan fingerprint density at radius 3 is 2.31 bits per heavy atom. The fraction of sp³-hybridized carbons (Fsp3) is 0.571. The van der Waals surface area contributed by atoms with Crippen LogP contribution in [0.5, 0.6) is 0 Å². The third-order valence-electron chi connectivity index (χ3n) is 4.03. The van der Waals surface area contributed by atoms with Gasteiger partial charge in [0, 0.05) is 11.7 Å². The quantitative estimate of drug-likeness (QED) is 0.770. The zero-order valence-corrected chi connectivity index (χ0v) is 9.73. The average Bonchev–Trinajstić information content (AvgIpc) is 3.14. The van der Waals surface area contributed by atoms with Gasteiger partial charge >= 0.3 is 0 Å². The maximum absolute atomic E-state index is 6.04. The molecule has 2 nitrogen and oxygen atoms in total. The van der Waals surface area contributed by atoms with E-state index >= 15 is 0 Å². The number of nitrogens with two attached hydrogens (primary N) is 1. The molecule has 0 unspecified atom stereocenters. The second-order valence-electron chi connectivity index (χ2n) is 5.17. The summed E-state index contributed by atoms with van der Waals surface area (Å²) in [5, 5.41) is 0. The highest BCUT2D eigenvalue weighted by Gasteiger charge is 2.32. The lowest BCUT2D eigenvalue weighted by Gasteiger charge is -2.32. The normalized spacial score (nSPS) is 23.5. The molecule has 0 bridgehead atoms. The minimum atomic E-state index is 0.691. The molecule has 1 heterocycles. The monoisotopic (exact) mass is 216 g/mol. The number of nitrogen functional groups attached to an aromatic ring is 1. The molecule has 3 rings (SSSR count). The first-order valence-corrected chi connectivity index (χ1v) is 6.43. The maximum Gasteiger partial charge on any atom is 0.0349 e. The van der Waals surface area contributed by atoms with Gasteiger partial charge in [-0.3, -0.25) is 0 Å². The van der Waals surface area contributed by atoms with E-state index in [1.165, 1.54) is 44.3 Å². The first-order valence-electron chi connectivity index (χ1n) is 6.43. The molecule has 1 aliphatic heterocycles. The lowest BCUT2D eigenvalue weighted by molar-refractivity contribution is 0.203. The first kappa shape index (κ1) is 10.2. The molecule has 16 heavy (non-hydrogen) atoms. The van der Waals surface area contributed by atoms with Crippen LogP contribution in [0.4, 0.5) is 5.69 Å². The number of benzene rings is 1. The molecular formula is C14H20N2. The minimum absolute atomic E-state index is 0.691. The van der Waals surface area contributed by atoms with Gasteiger partial charge in [-0.2, -0.15) is 0 Å². The van der Waals surface area contributed by atoms with Crippen LogP contribution >= 0.6 is 0 Å². The van der Waals surface area contributed by atoms with Gasteiger partial charge < -0.3 is 10.6 Å². The molecule has 0 amide bonds. The van der Waals surface area contributed by atoms with Crippen LogP contribution in [0.1, 0.15) is 37.2 Å². The third-order valence-corrected chi connectivity index (χ3v) is 4.03. The zero-order valence-electron chi connectivity index (χ0n) is 9.73. The van der Waals surface area contributed by atoms with E-state index in [-0.39, 0.29) is 0 Å². The van der Waals surface area contributed by atoms with Crippen LogP contribution in [0.15, 0.2) is 24.3 Å². The third kappa shape index (κ3) is 1.94. The standard InChI is InChI=1S/C14H20N2/c15-14-4-2-1-3-13(14)11-7-9-16(10-8-11)12-5-6-12/h1-4,11-12H,5-10,15H2. The topological polar surface area (TPSA) is 29.3 Å². The Hall–Kier alpha value is -1.02. The first-order chi connectivity index (χ1) is 7.84. The summed E-state index contributed by atoms with van der Waals surface area (Å²) in [5.41, 5.74) is 8.40. The molecule has 2 N–H and O–H groups in total. The van der Waals surface area contributed by atoms with E-state index in [0.717, 1.165) is 11.7 Å². The van der Waals surface area contributed by atoms with Crippen molar-refractivity contribution >= 4 is 5.69 Å². The van der Waals surface area contributed by atoms with Gasteiger partial charge in [0.25, 0.3) is 0 Å². The van der Waals surface area contributed by atoms with Crippen LogP contribution in [0.3, 0.4) is 0 Å². The van der Waals surface area contributed by atoms with Gasteiger partial charge in [-0.25, -0.2) is 0 Å². The summed E-state index contributed by atoms with van der Waals surface area (Å²) in [4.78, 5) is 2.66. The van der Waals surface area contributed by atoms with Crippen molar-refractivity contribution in [1.82, 2.24) is 4.90 Å². The molecule has 2 fully saturated rings. The molecule has 1 aromatic carbocycles. The van der Waals surface area contributed by atoms with Gasteiger partial charge in [0.05, 0.1) is 0 Å². The fourth-order valence-electron chi connectivity index (χ4n) is 2.90. The Balaban J connectivity index is 1.67. The number of hydrogen-bond acceptors (Lipinski definition) is 2. The number of likely N-dealkylation sites (tertiary alicyclic amines) is 1. The Labute approximate surface area is 97.4 Å². The number of piperidine rings is 1. The van der Waals surface area contributed by atoms with Crippen LogP contribution in [0.25, 0.3) is 0 Å². The Kier molecular flexibility index (Phi) is 2.60. The zero-order chi connectivity index (χ0) is 11.0. The van der Waals surface area contributed by atoms with E-state index in [0.29, 0.717) is 5.92 Å². The molecule has 1 aliphatic carbocycles. The second kappa shape index (κ2) is 4.10. The molecule has 0 atom stereocenters. The molecule has 2 aliphatic rings. The van der Waals surface area contributed by atoms with E-state index in [1.807, 2.05) is 12.1 Å². The van der Waals surface area contributed by atoms with Crippen molar-refractivity contribution in [2.24, 2.45) is 0 Å². The van der Waals surface area contributed by atoms with Crippen LogP contribution in [-0.4, -0.2) is 24.0 Å². The molecule has 2 heteroatoms. The highest BCUT2D eigenvalue weighted by atomic mass is 15.2. The predicted octanol–water partition coefficient (Wildman–Crippen LogP) is 2.61. The lowest BCUT2D eigenvalue weighted by Crippen LogP contribution is -2.34. The van der Waals surface area contributed by atoms with Crippen molar-refractivity contribution < 1.29 is 0 Å². The highest BCUT2D eigenvalue weighted by molar-refractivity contribution is 5.48. The van der Waals surface area contributed by atoms with Crippen molar-refractivity contribution in [3.8, 4) is 0 Å². The molecule has 1 saturated heterocycles. The van der Waals surface area contributed by atoms with Gasteiger partial charge in [0.15, 0.2) is 0 Å². The number of para-hydroxylation sites is 1. The number of hydrogen-bond donors (Lipinski definition) is 1. The van der Waals surface area contributed by atoms with E-state index in [9.17, 15) is 0 Å². The summed E-state index contributed by atoms with van der Waals surface area (Å²) >= 11 is 0.